The van der Waals surface area contributed by atoms with Gasteiger partial charge in [0.1, 0.15) is 0 Å². The molecule has 21 heavy (non-hydrogen) atoms. The molecule has 1 N–H and O–H groups in total. The van der Waals surface area contributed by atoms with Gasteiger partial charge in [-0.2, -0.15) is 0 Å². The van der Waals surface area contributed by atoms with Gasteiger partial charge in [0.2, 0.25) is 0 Å². The smallest absolute Gasteiger partial charge is 0.0732 e. The number of rotatable bonds is 6. The van der Waals surface area contributed by atoms with E-state index in [1.54, 1.807) is 0 Å². The highest BCUT2D eigenvalue weighted by Gasteiger charge is 2.34. The molecule has 2 aromatic rings. The fourth-order valence-corrected chi connectivity index (χ4v) is 3.03. The van der Waals surface area contributed by atoms with Crippen molar-refractivity contribution in [3.8, 4) is 5.69 Å². The zero-order chi connectivity index (χ0) is 14.7. The summed E-state index contributed by atoms with van der Waals surface area (Å²) in [5, 5.41) is 12.0. The van der Waals surface area contributed by atoms with Crippen LogP contribution in [0.1, 0.15) is 38.3 Å². The molecule has 1 aromatic carbocycles. The SMILES string of the molecule is CC(C)CNCC1CCC1c1cnnn1-c1ccccc1. The molecular weight excluding hydrogens is 260 g/mol. The molecule has 0 saturated heterocycles. The Hall–Kier alpha value is -1.68. The van der Waals surface area contributed by atoms with Crippen LogP contribution in [0.5, 0.6) is 0 Å². The fourth-order valence-electron chi connectivity index (χ4n) is 3.03. The predicted octanol–water partition coefficient (Wildman–Crippen LogP) is 3.01. The number of hydrogen-bond acceptors (Lipinski definition) is 3. The van der Waals surface area contributed by atoms with Crippen molar-refractivity contribution in [2.75, 3.05) is 13.1 Å². The molecule has 1 heterocycles. The molecule has 4 nitrogen and oxygen atoms in total. The zero-order valence-electron chi connectivity index (χ0n) is 12.9. The molecule has 2 unspecified atom stereocenters. The van der Waals surface area contributed by atoms with Crippen LogP contribution in [0, 0.1) is 11.8 Å². The maximum atomic E-state index is 4.28. The first kappa shape index (κ1) is 14.3. The molecule has 1 saturated carbocycles. The second kappa shape index (κ2) is 6.39. The number of benzene rings is 1. The van der Waals surface area contributed by atoms with E-state index >= 15 is 0 Å². The van der Waals surface area contributed by atoms with Crippen molar-refractivity contribution in [1.82, 2.24) is 20.3 Å². The molecule has 0 amide bonds. The molecule has 1 aliphatic carbocycles. The van der Waals surface area contributed by atoms with E-state index in [0.29, 0.717) is 17.8 Å². The first-order chi connectivity index (χ1) is 10.3. The maximum absolute atomic E-state index is 4.28. The summed E-state index contributed by atoms with van der Waals surface area (Å²) < 4.78 is 2.00. The van der Waals surface area contributed by atoms with Crippen LogP contribution in [0.15, 0.2) is 36.5 Å². The molecule has 0 aliphatic heterocycles. The van der Waals surface area contributed by atoms with Gasteiger partial charge >= 0.3 is 0 Å². The summed E-state index contributed by atoms with van der Waals surface area (Å²) in [5.74, 6) is 2.00. The van der Waals surface area contributed by atoms with E-state index in [0.717, 1.165) is 18.8 Å². The topological polar surface area (TPSA) is 42.7 Å². The molecule has 1 fully saturated rings. The highest BCUT2D eigenvalue weighted by atomic mass is 15.4. The summed E-state index contributed by atoms with van der Waals surface area (Å²) in [6.45, 7) is 6.70. The third-order valence-corrected chi connectivity index (χ3v) is 4.33. The minimum atomic E-state index is 0.583. The Kier molecular flexibility index (Phi) is 4.34. The largest absolute Gasteiger partial charge is 0.316 e. The lowest BCUT2D eigenvalue weighted by Gasteiger charge is -2.37. The molecule has 2 atom stereocenters. The summed E-state index contributed by atoms with van der Waals surface area (Å²) in [7, 11) is 0. The molecule has 1 aliphatic rings. The van der Waals surface area contributed by atoms with Gasteiger partial charge in [0.15, 0.2) is 0 Å². The van der Waals surface area contributed by atoms with Crippen LogP contribution in [-0.4, -0.2) is 28.1 Å². The number of nitrogens with one attached hydrogen (secondary N) is 1. The zero-order valence-corrected chi connectivity index (χ0v) is 12.9. The number of aromatic nitrogens is 3. The molecule has 3 rings (SSSR count). The lowest BCUT2D eigenvalue weighted by atomic mass is 9.72. The van der Waals surface area contributed by atoms with Gasteiger partial charge in [-0.15, -0.1) is 5.10 Å². The van der Waals surface area contributed by atoms with Crippen LogP contribution in [0.3, 0.4) is 0 Å². The van der Waals surface area contributed by atoms with Crippen molar-refractivity contribution < 1.29 is 0 Å². The van der Waals surface area contributed by atoms with E-state index in [4.69, 9.17) is 0 Å². The number of hydrogen-bond donors (Lipinski definition) is 1. The van der Waals surface area contributed by atoms with Gasteiger partial charge in [-0.3, -0.25) is 0 Å². The van der Waals surface area contributed by atoms with E-state index in [9.17, 15) is 0 Å². The Bertz CT molecular complexity index is 561. The third kappa shape index (κ3) is 3.16. The van der Waals surface area contributed by atoms with Crippen LogP contribution >= 0.6 is 0 Å². The lowest BCUT2D eigenvalue weighted by molar-refractivity contribution is 0.235. The van der Waals surface area contributed by atoms with Crippen LogP contribution in [0.2, 0.25) is 0 Å². The van der Waals surface area contributed by atoms with Crippen molar-refractivity contribution in [2.45, 2.75) is 32.6 Å². The van der Waals surface area contributed by atoms with Gasteiger partial charge in [0.05, 0.1) is 17.6 Å². The number of nitrogens with zero attached hydrogens (tertiary/aromatic N) is 3. The maximum Gasteiger partial charge on any atom is 0.0732 e. The highest BCUT2D eigenvalue weighted by molar-refractivity contribution is 5.33. The first-order valence-electron chi connectivity index (χ1n) is 7.92. The first-order valence-corrected chi connectivity index (χ1v) is 7.92. The monoisotopic (exact) mass is 284 g/mol. The van der Waals surface area contributed by atoms with Crippen molar-refractivity contribution in [3.05, 3.63) is 42.2 Å². The van der Waals surface area contributed by atoms with Gasteiger partial charge in [-0.25, -0.2) is 4.68 Å². The van der Waals surface area contributed by atoms with Gasteiger partial charge in [-0.1, -0.05) is 37.3 Å². The Labute approximate surface area is 126 Å². The Morgan fingerprint density at radius 2 is 2.05 bits per heavy atom. The van der Waals surface area contributed by atoms with Crippen molar-refractivity contribution >= 4 is 0 Å². The Balaban J connectivity index is 1.69. The molecule has 0 spiro atoms. The predicted molar refractivity (Wildman–Crippen MR) is 84.5 cm³/mol. The van der Waals surface area contributed by atoms with Crippen molar-refractivity contribution in [3.63, 3.8) is 0 Å². The van der Waals surface area contributed by atoms with E-state index in [2.05, 4.69) is 41.6 Å². The van der Waals surface area contributed by atoms with E-state index in [1.807, 2.05) is 29.1 Å². The standard InChI is InChI=1S/C17H24N4/c1-13(2)10-18-11-14-8-9-16(14)17-12-19-20-21(17)15-6-4-3-5-7-15/h3-7,12-14,16,18H,8-11H2,1-2H3. The summed E-state index contributed by atoms with van der Waals surface area (Å²) >= 11 is 0. The van der Waals surface area contributed by atoms with Gasteiger partial charge in [-0.05, 0) is 49.9 Å². The van der Waals surface area contributed by atoms with Crippen LogP contribution < -0.4 is 5.32 Å². The summed E-state index contributed by atoms with van der Waals surface area (Å²) in [4.78, 5) is 0. The fraction of sp³-hybridized carbons (Fsp3) is 0.529. The van der Waals surface area contributed by atoms with Crippen LogP contribution in [0.4, 0.5) is 0 Å². The van der Waals surface area contributed by atoms with Gasteiger partial charge in [0, 0.05) is 5.92 Å². The van der Waals surface area contributed by atoms with Gasteiger partial charge < -0.3 is 5.32 Å². The van der Waals surface area contributed by atoms with E-state index in [-0.39, 0.29) is 0 Å². The molecule has 0 radical (unpaired) electrons. The molecule has 4 heteroatoms. The van der Waals surface area contributed by atoms with Crippen molar-refractivity contribution in [2.24, 2.45) is 11.8 Å². The van der Waals surface area contributed by atoms with E-state index in [1.165, 1.54) is 18.5 Å². The average Bonchev–Trinajstić information content (AvgIpc) is 2.92. The summed E-state index contributed by atoms with van der Waals surface area (Å²) in [6, 6.07) is 10.3. The second-order valence-electron chi connectivity index (χ2n) is 6.40. The van der Waals surface area contributed by atoms with Gasteiger partial charge in [0.25, 0.3) is 0 Å². The molecule has 112 valence electrons. The second-order valence-corrected chi connectivity index (χ2v) is 6.40. The van der Waals surface area contributed by atoms with Crippen molar-refractivity contribution in [1.29, 1.82) is 0 Å². The van der Waals surface area contributed by atoms with Crippen LogP contribution in [-0.2, 0) is 0 Å². The number of para-hydroxylation sites is 1. The normalized spacial score (nSPS) is 21.5. The molecular formula is C17H24N4. The quantitative estimate of drug-likeness (QED) is 0.886. The highest BCUT2D eigenvalue weighted by Crippen LogP contribution is 2.42. The Morgan fingerprint density at radius 3 is 2.71 bits per heavy atom. The Morgan fingerprint density at radius 1 is 1.24 bits per heavy atom. The lowest BCUT2D eigenvalue weighted by Crippen LogP contribution is -2.36. The summed E-state index contributed by atoms with van der Waals surface area (Å²) in [5.41, 5.74) is 2.36. The van der Waals surface area contributed by atoms with E-state index < -0.39 is 0 Å². The minimum absolute atomic E-state index is 0.583. The average molecular weight is 284 g/mol. The minimum Gasteiger partial charge on any atom is -0.316 e. The van der Waals surface area contributed by atoms with Crippen LogP contribution in [0.25, 0.3) is 5.69 Å². The molecule has 0 bridgehead atoms. The third-order valence-electron chi connectivity index (χ3n) is 4.33. The summed E-state index contributed by atoms with van der Waals surface area (Å²) in [6.07, 6.45) is 4.48. The molecule has 1 aromatic heterocycles.